The summed E-state index contributed by atoms with van der Waals surface area (Å²) in [7, 11) is 0. The van der Waals surface area contributed by atoms with E-state index in [1.165, 1.54) is 25.7 Å². The van der Waals surface area contributed by atoms with Crippen molar-refractivity contribution in [2.24, 2.45) is 0 Å². The molecule has 0 amide bonds. The van der Waals surface area contributed by atoms with E-state index in [-0.39, 0.29) is 0 Å². The predicted molar refractivity (Wildman–Crippen MR) is 29.3 cm³/mol. The van der Waals surface area contributed by atoms with Crippen molar-refractivity contribution in [1.29, 1.82) is 0 Å². The Morgan fingerprint density at radius 1 is 1.50 bits per heavy atom. The van der Waals surface area contributed by atoms with Crippen LogP contribution in [0.3, 0.4) is 0 Å². The molecule has 43 valence electrons. The van der Waals surface area contributed by atoms with Crippen LogP contribution in [0.2, 0.25) is 0 Å². The molecule has 0 aromatic heterocycles. The molecule has 8 heavy (non-hydrogen) atoms. The molecular weight excluding hydrogens is 100 g/mol. The lowest BCUT2D eigenvalue weighted by atomic mass is 9.81. The fourth-order valence-electron chi connectivity index (χ4n) is 1.84. The maximum Gasteiger partial charge on any atom is 0.101 e. The van der Waals surface area contributed by atoms with E-state index in [0.717, 1.165) is 0 Å². The van der Waals surface area contributed by atoms with Gasteiger partial charge in [-0.05, 0) is 25.7 Å². The maximum atomic E-state index is 5.50. The highest BCUT2D eigenvalue weighted by atomic mass is 16.6. The van der Waals surface area contributed by atoms with Gasteiger partial charge in [0.05, 0.1) is 6.10 Å². The Hall–Kier alpha value is -0.0400. The topological polar surface area (TPSA) is 12.5 Å². The van der Waals surface area contributed by atoms with E-state index in [0.29, 0.717) is 11.7 Å². The molecule has 1 radical (unpaired) electrons. The number of epoxide rings is 1. The largest absolute Gasteiger partial charge is 0.365 e. The summed E-state index contributed by atoms with van der Waals surface area (Å²) in [6, 6.07) is 0. The molecule has 0 N–H and O–H groups in total. The molecule has 0 spiro atoms. The lowest BCUT2D eigenvalue weighted by Crippen LogP contribution is -2.26. The Morgan fingerprint density at radius 3 is 2.50 bits per heavy atom. The molecule has 1 aliphatic heterocycles. The van der Waals surface area contributed by atoms with Gasteiger partial charge in [-0.15, -0.1) is 0 Å². The minimum absolute atomic E-state index is 0.417. The molecule has 3 aliphatic rings. The highest BCUT2D eigenvalue weighted by Gasteiger charge is 2.70. The van der Waals surface area contributed by atoms with E-state index >= 15 is 0 Å². The zero-order valence-corrected chi connectivity index (χ0v) is 4.81. The first-order chi connectivity index (χ1) is 3.92. The van der Waals surface area contributed by atoms with Gasteiger partial charge in [0.25, 0.3) is 0 Å². The first-order valence-electron chi connectivity index (χ1n) is 3.45. The average molecular weight is 109 g/mol. The van der Waals surface area contributed by atoms with E-state index in [9.17, 15) is 0 Å². The molecule has 0 aromatic rings. The van der Waals surface area contributed by atoms with Crippen LogP contribution in [0.5, 0.6) is 0 Å². The third kappa shape index (κ3) is 0.255. The summed E-state index contributed by atoms with van der Waals surface area (Å²) >= 11 is 0. The van der Waals surface area contributed by atoms with Crippen LogP contribution in [0.4, 0.5) is 0 Å². The van der Waals surface area contributed by atoms with Gasteiger partial charge in [-0.25, -0.2) is 0 Å². The van der Waals surface area contributed by atoms with Crippen molar-refractivity contribution in [2.45, 2.75) is 37.4 Å². The fraction of sp³-hybridized carbons (Fsp3) is 0.857. The molecule has 0 bridgehead atoms. The molecule has 3 rings (SSSR count). The van der Waals surface area contributed by atoms with Crippen molar-refractivity contribution in [1.82, 2.24) is 0 Å². The second-order valence-corrected chi connectivity index (χ2v) is 3.14. The Bertz CT molecular complexity index is 135. The van der Waals surface area contributed by atoms with Gasteiger partial charge in [0.1, 0.15) is 5.60 Å². The molecule has 3 fully saturated rings. The zero-order chi connectivity index (χ0) is 5.19. The zero-order valence-electron chi connectivity index (χ0n) is 4.81. The van der Waals surface area contributed by atoms with E-state index in [1.807, 2.05) is 0 Å². The monoisotopic (exact) mass is 109 g/mol. The van der Waals surface area contributed by atoms with Gasteiger partial charge in [-0.1, -0.05) is 0 Å². The highest BCUT2D eigenvalue weighted by molar-refractivity contribution is 5.34. The third-order valence-corrected chi connectivity index (χ3v) is 2.69. The summed E-state index contributed by atoms with van der Waals surface area (Å²) in [5.74, 6) is 1.72. The molecule has 2 unspecified atom stereocenters. The highest BCUT2D eigenvalue weighted by Crippen LogP contribution is 2.65. The van der Waals surface area contributed by atoms with Gasteiger partial charge >= 0.3 is 0 Å². The average Bonchev–Trinajstić information content (AvgIpc) is 2.50. The molecule has 2 saturated carbocycles. The number of fused-ring (bicyclic) bond motifs is 1. The number of rotatable bonds is 1. The van der Waals surface area contributed by atoms with Crippen LogP contribution in [-0.2, 0) is 4.74 Å². The van der Waals surface area contributed by atoms with Gasteiger partial charge in [-0.2, -0.15) is 0 Å². The molecule has 2 aliphatic carbocycles. The van der Waals surface area contributed by atoms with Crippen LogP contribution < -0.4 is 0 Å². The third-order valence-electron chi connectivity index (χ3n) is 2.69. The summed E-state index contributed by atoms with van der Waals surface area (Å²) < 4.78 is 5.50. The summed E-state index contributed by atoms with van der Waals surface area (Å²) in [5.41, 5.74) is 0.417. The Labute approximate surface area is 49.0 Å². The van der Waals surface area contributed by atoms with Crippen molar-refractivity contribution in [2.75, 3.05) is 0 Å². The molecule has 0 aromatic carbocycles. The lowest BCUT2D eigenvalue weighted by molar-refractivity contribution is 0.343. The number of hydrogen-bond acceptors (Lipinski definition) is 1. The van der Waals surface area contributed by atoms with Crippen LogP contribution in [0.25, 0.3) is 0 Å². The minimum Gasteiger partial charge on any atom is -0.365 e. The Kier molecular flexibility index (Phi) is 0.418. The van der Waals surface area contributed by atoms with Crippen LogP contribution in [0, 0.1) is 5.92 Å². The Balaban J connectivity index is 1.88. The second-order valence-electron chi connectivity index (χ2n) is 3.14. The Morgan fingerprint density at radius 2 is 2.38 bits per heavy atom. The normalized spacial score (nSPS) is 59.2. The summed E-state index contributed by atoms with van der Waals surface area (Å²) in [4.78, 5) is 0. The van der Waals surface area contributed by atoms with Crippen molar-refractivity contribution in [3.63, 3.8) is 0 Å². The van der Waals surface area contributed by atoms with Gasteiger partial charge in [0, 0.05) is 5.92 Å². The van der Waals surface area contributed by atoms with E-state index in [4.69, 9.17) is 4.74 Å². The summed E-state index contributed by atoms with van der Waals surface area (Å²) in [6.45, 7) is 0. The maximum absolute atomic E-state index is 5.50. The molecule has 2 atom stereocenters. The van der Waals surface area contributed by atoms with Crippen LogP contribution in [0.15, 0.2) is 0 Å². The first kappa shape index (κ1) is 3.89. The lowest BCUT2D eigenvalue weighted by Gasteiger charge is -2.17. The van der Waals surface area contributed by atoms with Gasteiger partial charge in [-0.3, -0.25) is 0 Å². The second kappa shape index (κ2) is 0.860. The molecule has 1 heteroatoms. The van der Waals surface area contributed by atoms with Gasteiger partial charge in [0.15, 0.2) is 0 Å². The number of hydrogen-bond donors (Lipinski definition) is 0. The van der Waals surface area contributed by atoms with Crippen molar-refractivity contribution >= 4 is 0 Å². The fourth-order valence-corrected chi connectivity index (χ4v) is 1.84. The smallest absolute Gasteiger partial charge is 0.101 e. The predicted octanol–water partition coefficient (Wildman–Crippen LogP) is 1.29. The molecule has 1 nitrogen and oxygen atoms in total. The quantitative estimate of drug-likeness (QED) is 0.462. The minimum atomic E-state index is 0.417. The standard InChI is InChI=1S/C7H9O/c1-2-5(1)7-4-3-6(7)8-7/h6H,1-4H2. The number of ether oxygens (including phenoxy) is 1. The molecular formula is C7H9O. The molecule has 1 heterocycles. The van der Waals surface area contributed by atoms with Gasteiger partial charge < -0.3 is 4.74 Å². The van der Waals surface area contributed by atoms with E-state index in [1.54, 1.807) is 5.92 Å². The van der Waals surface area contributed by atoms with E-state index in [2.05, 4.69) is 0 Å². The van der Waals surface area contributed by atoms with Crippen molar-refractivity contribution in [3.8, 4) is 0 Å². The SMILES string of the molecule is C1C[C]1C12CCC1O2. The van der Waals surface area contributed by atoms with Crippen molar-refractivity contribution in [3.05, 3.63) is 5.92 Å². The van der Waals surface area contributed by atoms with E-state index < -0.39 is 0 Å². The van der Waals surface area contributed by atoms with Crippen molar-refractivity contribution < 1.29 is 4.74 Å². The summed E-state index contributed by atoms with van der Waals surface area (Å²) in [6.07, 6.45) is 6.11. The van der Waals surface area contributed by atoms with Crippen LogP contribution >= 0.6 is 0 Å². The summed E-state index contributed by atoms with van der Waals surface area (Å²) in [5, 5.41) is 0. The van der Waals surface area contributed by atoms with Crippen LogP contribution in [-0.4, -0.2) is 11.7 Å². The molecule has 1 saturated heterocycles. The van der Waals surface area contributed by atoms with Gasteiger partial charge in [0.2, 0.25) is 0 Å². The first-order valence-corrected chi connectivity index (χ1v) is 3.45. The van der Waals surface area contributed by atoms with Crippen LogP contribution in [0.1, 0.15) is 25.7 Å².